The van der Waals surface area contributed by atoms with Crippen molar-refractivity contribution in [2.75, 3.05) is 13.2 Å². The number of aryl methyl sites for hydroxylation is 2. The molecule has 1 aliphatic rings. The van der Waals surface area contributed by atoms with Crippen molar-refractivity contribution in [1.82, 2.24) is 24.6 Å². The maximum Gasteiger partial charge on any atom is 0.274 e. The summed E-state index contributed by atoms with van der Waals surface area (Å²) in [6.45, 7) is 5.81. The zero-order valence-electron chi connectivity index (χ0n) is 17.4. The zero-order chi connectivity index (χ0) is 21.5. The summed E-state index contributed by atoms with van der Waals surface area (Å²) in [5, 5.41) is 4.57. The summed E-state index contributed by atoms with van der Waals surface area (Å²) < 4.78 is 7.57. The molecule has 0 bridgehead atoms. The average Bonchev–Trinajstić information content (AvgIpc) is 3.25. The Kier molecular flexibility index (Phi) is 4.90. The number of rotatable bonds is 3. The van der Waals surface area contributed by atoms with Gasteiger partial charge in [0.2, 0.25) is 0 Å². The third kappa shape index (κ3) is 3.55. The van der Waals surface area contributed by atoms with E-state index in [-0.39, 0.29) is 5.91 Å². The molecule has 0 saturated carbocycles. The van der Waals surface area contributed by atoms with Gasteiger partial charge >= 0.3 is 0 Å². The van der Waals surface area contributed by atoms with Gasteiger partial charge in [0.05, 0.1) is 28.8 Å². The van der Waals surface area contributed by atoms with E-state index in [1.54, 1.807) is 9.58 Å². The third-order valence-corrected chi connectivity index (χ3v) is 5.83. The summed E-state index contributed by atoms with van der Waals surface area (Å²) in [4.78, 5) is 22.8. The van der Waals surface area contributed by atoms with Crippen LogP contribution >= 0.6 is 11.6 Å². The first kappa shape index (κ1) is 19.6. The number of halogens is 1. The van der Waals surface area contributed by atoms with Crippen molar-refractivity contribution >= 4 is 28.5 Å². The second-order valence-electron chi connectivity index (χ2n) is 7.61. The van der Waals surface area contributed by atoms with Gasteiger partial charge in [-0.2, -0.15) is 5.10 Å². The number of H-pyrrole nitrogens is 1. The van der Waals surface area contributed by atoms with E-state index in [0.717, 1.165) is 39.3 Å². The largest absolute Gasteiger partial charge is 0.491 e. The molecule has 0 aliphatic carbocycles. The van der Waals surface area contributed by atoms with Crippen molar-refractivity contribution in [3.8, 4) is 16.9 Å². The van der Waals surface area contributed by atoms with Gasteiger partial charge in [-0.3, -0.25) is 9.48 Å². The molecule has 0 unspecified atom stereocenters. The second kappa shape index (κ2) is 7.74. The van der Waals surface area contributed by atoms with E-state index in [1.165, 1.54) is 6.20 Å². The molecule has 31 heavy (non-hydrogen) atoms. The lowest BCUT2D eigenvalue weighted by Crippen LogP contribution is -2.34. The Morgan fingerprint density at radius 1 is 1.23 bits per heavy atom. The number of carbonyl (C=O) groups is 1. The molecular formula is C23H22ClN5O2. The van der Waals surface area contributed by atoms with Crippen LogP contribution in [0.25, 0.3) is 22.2 Å². The molecule has 2 aromatic carbocycles. The molecule has 158 valence electrons. The number of imidazole rings is 1. The predicted molar refractivity (Wildman–Crippen MR) is 119 cm³/mol. The number of amides is 1. The SMILES string of the molecule is CCn1ncc(Cl)c1C(=O)N1CCOc2ccc(-c3ccc4nc(C)[nH]c4c3)cc2C1. The van der Waals surface area contributed by atoms with Crippen molar-refractivity contribution < 1.29 is 9.53 Å². The fourth-order valence-electron chi connectivity index (χ4n) is 4.03. The Labute approximate surface area is 184 Å². The number of ether oxygens (including phenoxy) is 1. The van der Waals surface area contributed by atoms with E-state index in [9.17, 15) is 4.79 Å². The number of aromatic amines is 1. The van der Waals surface area contributed by atoms with E-state index in [2.05, 4.69) is 33.3 Å². The highest BCUT2D eigenvalue weighted by molar-refractivity contribution is 6.33. The molecule has 1 aliphatic heterocycles. The van der Waals surface area contributed by atoms with Crippen molar-refractivity contribution in [2.45, 2.75) is 26.9 Å². The number of benzene rings is 2. The Hall–Kier alpha value is -3.32. The summed E-state index contributed by atoms with van der Waals surface area (Å²) in [6, 6.07) is 12.3. The van der Waals surface area contributed by atoms with Gasteiger partial charge in [-0.05, 0) is 49.2 Å². The van der Waals surface area contributed by atoms with Crippen molar-refractivity contribution in [2.24, 2.45) is 0 Å². The van der Waals surface area contributed by atoms with Crippen LogP contribution in [0, 0.1) is 6.92 Å². The van der Waals surface area contributed by atoms with Gasteiger partial charge in [-0.1, -0.05) is 23.7 Å². The van der Waals surface area contributed by atoms with Crippen LogP contribution in [0.5, 0.6) is 5.75 Å². The fourth-order valence-corrected chi connectivity index (χ4v) is 4.25. The fraction of sp³-hybridized carbons (Fsp3) is 0.261. The van der Waals surface area contributed by atoms with Crippen molar-refractivity contribution in [3.05, 3.63) is 64.7 Å². The molecule has 4 aromatic rings. The molecule has 0 saturated heterocycles. The van der Waals surface area contributed by atoms with Gasteiger partial charge in [0.1, 0.15) is 23.9 Å². The highest BCUT2D eigenvalue weighted by atomic mass is 35.5. The Balaban J connectivity index is 1.48. The van der Waals surface area contributed by atoms with Crippen LogP contribution < -0.4 is 4.74 Å². The topological polar surface area (TPSA) is 76.0 Å². The van der Waals surface area contributed by atoms with Crippen molar-refractivity contribution in [3.63, 3.8) is 0 Å². The molecule has 0 radical (unpaired) electrons. The molecule has 1 N–H and O–H groups in total. The average molecular weight is 436 g/mol. The maximum atomic E-state index is 13.2. The minimum Gasteiger partial charge on any atom is -0.491 e. The van der Waals surface area contributed by atoms with Gasteiger partial charge < -0.3 is 14.6 Å². The summed E-state index contributed by atoms with van der Waals surface area (Å²) in [5.41, 5.74) is 5.46. The lowest BCUT2D eigenvalue weighted by atomic mass is 10.0. The number of hydrogen-bond acceptors (Lipinski definition) is 4. The van der Waals surface area contributed by atoms with Crippen molar-refractivity contribution in [1.29, 1.82) is 0 Å². The molecule has 3 heterocycles. The summed E-state index contributed by atoms with van der Waals surface area (Å²) in [7, 11) is 0. The number of nitrogens with zero attached hydrogens (tertiary/aromatic N) is 4. The maximum absolute atomic E-state index is 13.2. The second-order valence-corrected chi connectivity index (χ2v) is 8.02. The summed E-state index contributed by atoms with van der Waals surface area (Å²) in [6.07, 6.45) is 1.52. The first-order valence-corrected chi connectivity index (χ1v) is 10.6. The highest BCUT2D eigenvalue weighted by Crippen LogP contribution is 2.31. The molecule has 1 amide bonds. The van der Waals surface area contributed by atoms with Gasteiger partial charge in [0.25, 0.3) is 5.91 Å². The molecule has 0 spiro atoms. The van der Waals surface area contributed by atoms with Crippen LogP contribution in [-0.4, -0.2) is 43.7 Å². The molecule has 8 heteroatoms. The third-order valence-electron chi connectivity index (χ3n) is 5.56. The van der Waals surface area contributed by atoms with Crippen LogP contribution in [-0.2, 0) is 13.1 Å². The molecule has 0 fully saturated rings. The van der Waals surface area contributed by atoms with Crippen LogP contribution in [0.1, 0.15) is 28.8 Å². The summed E-state index contributed by atoms with van der Waals surface area (Å²) >= 11 is 6.26. The normalized spacial score (nSPS) is 13.7. The lowest BCUT2D eigenvalue weighted by molar-refractivity contribution is 0.0721. The highest BCUT2D eigenvalue weighted by Gasteiger charge is 2.26. The minimum absolute atomic E-state index is 0.138. The Bertz CT molecular complexity index is 1290. The number of aromatic nitrogens is 4. The molecule has 7 nitrogen and oxygen atoms in total. The van der Waals surface area contributed by atoms with E-state index in [4.69, 9.17) is 16.3 Å². The van der Waals surface area contributed by atoms with E-state index < -0.39 is 0 Å². The zero-order valence-corrected chi connectivity index (χ0v) is 18.1. The van der Waals surface area contributed by atoms with Gasteiger partial charge in [-0.15, -0.1) is 0 Å². The Morgan fingerprint density at radius 3 is 2.87 bits per heavy atom. The van der Waals surface area contributed by atoms with Crippen LogP contribution in [0.15, 0.2) is 42.6 Å². The first-order chi connectivity index (χ1) is 15.0. The molecule has 0 atom stereocenters. The predicted octanol–water partition coefficient (Wildman–Crippen LogP) is 4.44. The molecule has 2 aromatic heterocycles. The first-order valence-electron chi connectivity index (χ1n) is 10.3. The lowest BCUT2D eigenvalue weighted by Gasteiger charge is -2.20. The van der Waals surface area contributed by atoms with E-state index in [1.807, 2.05) is 32.0 Å². The van der Waals surface area contributed by atoms with E-state index in [0.29, 0.717) is 37.0 Å². The number of carbonyl (C=O) groups excluding carboxylic acids is 1. The van der Waals surface area contributed by atoms with Crippen LogP contribution in [0.4, 0.5) is 0 Å². The van der Waals surface area contributed by atoms with Gasteiger partial charge in [0.15, 0.2) is 0 Å². The smallest absolute Gasteiger partial charge is 0.274 e. The van der Waals surface area contributed by atoms with Crippen LogP contribution in [0.2, 0.25) is 5.02 Å². The standard InChI is InChI=1S/C23H22ClN5O2/c1-3-29-22(18(24)12-25-29)23(30)28-8-9-31-21-7-5-15(10-17(21)13-28)16-4-6-19-20(11-16)27-14(2)26-19/h4-7,10-12H,3,8-9,13H2,1-2H3,(H,26,27). The molecular weight excluding hydrogens is 414 g/mol. The monoisotopic (exact) mass is 435 g/mol. The summed E-state index contributed by atoms with van der Waals surface area (Å²) in [5.74, 6) is 1.55. The number of fused-ring (bicyclic) bond motifs is 2. The molecule has 5 rings (SSSR count). The quantitative estimate of drug-likeness (QED) is 0.516. The number of nitrogens with one attached hydrogen (secondary N) is 1. The van der Waals surface area contributed by atoms with E-state index >= 15 is 0 Å². The van der Waals surface area contributed by atoms with Crippen LogP contribution in [0.3, 0.4) is 0 Å². The minimum atomic E-state index is -0.138. The number of hydrogen-bond donors (Lipinski definition) is 1. The van der Waals surface area contributed by atoms with Gasteiger partial charge in [0, 0.05) is 18.7 Å². The van der Waals surface area contributed by atoms with Gasteiger partial charge in [-0.25, -0.2) is 4.98 Å². The Morgan fingerprint density at radius 2 is 2.03 bits per heavy atom.